The Morgan fingerprint density at radius 3 is 2.81 bits per heavy atom. The van der Waals surface area contributed by atoms with Gasteiger partial charge in [0.2, 0.25) is 0 Å². The second kappa shape index (κ2) is 6.89. The Hall–Kier alpha value is -0.930. The van der Waals surface area contributed by atoms with Crippen molar-refractivity contribution in [1.29, 1.82) is 0 Å². The molecule has 0 radical (unpaired) electrons. The molecule has 1 aromatic carbocycles. The van der Waals surface area contributed by atoms with E-state index >= 15 is 0 Å². The average molecular weight is 290 g/mol. The summed E-state index contributed by atoms with van der Waals surface area (Å²) in [4.78, 5) is 2.63. The molecule has 3 heteroatoms. The zero-order valence-electron chi connectivity index (χ0n) is 13.1. The van der Waals surface area contributed by atoms with Gasteiger partial charge in [0.15, 0.2) is 0 Å². The summed E-state index contributed by atoms with van der Waals surface area (Å²) < 4.78 is 13.3. The SMILES string of the molecule is Cc1cc(F)ccc1CN1CCNCC1C1CCCCC1. The highest BCUT2D eigenvalue weighted by molar-refractivity contribution is 5.26. The molecular weight excluding hydrogens is 263 g/mol. The zero-order chi connectivity index (χ0) is 14.7. The second-order valence-electron chi connectivity index (χ2n) is 6.71. The molecule has 1 saturated carbocycles. The van der Waals surface area contributed by atoms with Crippen molar-refractivity contribution in [2.24, 2.45) is 5.92 Å². The van der Waals surface area contributed by atoms with E-state index in [4.69, 9.17) is 0 Å². The summed E-state index contributed by atoms with van der Waals surface area (Å²) in [5.41, 5.74) is 2.36. The molecule has 116 valence electrons. The number of nitrogens with zero attached hydrogens (tertiary/aromatic N) is 1. The van der Waals surface area contributed by atoms with Crippen LogP contribution in [0.2, 0.25) is 0 Å². The standard InChI is InChI=1S/C18H27FN2/c1-14-11-17(19)8-7-16(14)13-21-10-9-20-12-18(21)15-5-3-2-4-6-15/h7-8,11,15,18,20H,2-6,9-10,12-13H2,1H3. The second-order valence-corrected chi connectivity index (χ2v) is 6.71. The van der Waals surface area contributed by atoms with Gasteiger partial charge >= 0.3 is 0 Å². The topological polar surface area (TPSA) is 15.3 Å². The van der Waals surface area contributed by atoms with E-state index in [9.17, 15) is 4.39 Å². The molecule has 0 amide bonds. The monoisotopic (exact) mass is 290 g/mol. The van der Waals surface area contributed by atoms with E-state index in [1.54, 1.807) is 12.1 Å². The van der Waals surface area contributed by atoms with Crippen LogP contribution in [-0.4, -0.2) is 30.6 Å². The summed E-state index contributed by atoms with van der Waals surface area (Å²) in [5.74, 6) is 0.715. The van der Waals surface area contributed by atoms with Crippen molar-refractivity contribution in [3.63, 3.8) is 0 Å². The number of halogens is 1. The zero-order valence-corrected chi connectivity index (χ0v) is 13.1. The Morgan fingerprint density at radius 1 is 1.24 bits per heavy atom. The predicted octanol–water partition coefficient (Wildman–Crippen LogP) is 3.49. The van der Waals surface area contributed by atoms with Gasteiger partial charge in [-0.25, -0.2) is 4.39 Å². The van der Waals surface area contributed by atoms with Crippen LogP contribution in [0.15, 0.2) is 18.2 Å². The molecule has 0 spiro atoms. The van der Waals surface area contributed by atoms with Crippen LogP contribution >= 0.6 is 0 Å². The molecule has 1 atom stereocenters. The Balaban J connectivity index is 1.71. The molecule has 1 N–H and O–H groups in total. The molecule has 2 fully saturated rings. The van der Waals surface area contributed by atoms with Crippen molar-refractivity contribution in [2.75, 3.05) is 19.6 Å². The average Bonchev–Trinajstić information content (AvgIpc) is 2.51. The smallest absolute Gasteiger partial charge is 0.123 e. The van der Waals surface area contributed by atoms with Gasteiger partial charge in [-0.05, 0) is 48.9 Å². The number of aryl methyl sites for hydroxylation is 1. The van der Waals surface area contributed by atoms with Crippen LogP contribution < -0.4 is 5.32 Å². The van der Waals surface area contributed by atoms with Crippen LogP contribution in [0, 0.1) is 18.7 Å². The van der Waals surface area contributed by atoms with E-state index in [1.807, 2.05) is 13.0 Å². The Labute approximate surface area is 127 Å². The summed E-state index contributed by atoms with van der Waals surface area (Å²) in [6, 6.07) is 5.88. The van der Waals surface area contributed by atoms with Gasteiger partial charge in [0.1, 0.15) is 5.82 Å². The molecule has 3 rings (SSSR count). The molecule has 0 aromatic heterocycles. The third-order valence-electron chi connectivity index (χ3n) is 5.27. The molecule has 1 aromatic rings. The number of hydrogen-bond donors (Lipinski definition) is 1. The Bertz CT molecular complexity index is 468. The highest BCUT2D eigenvalue weighted by atomic mass is 19.1. The van der Waals surface area contributed by atoms with Gasteiger partial charge in [-0.2, -0.15) is 0 Å². The quantitative estimate of drug-likeness (QED) is 0.917. The van der Waals surface area contributed by atoms with Crippen molar-refractivity contribution < 1.29 is 4.39 Å². The first-order valence-electron chi connectivity index (χ1n) is 8.44. The minimum absolute atomic E-state index is 0.125. The minimum Gasteiger partial charge on any atom is -0.314 e. The summed E-state index contributed by atoms with van der Waals surface area (Å²) in [6.07, 6.45) is 6.96. The Kier molecular flexibility index (Phi) is 4.91. The van der Waals surface area contributed by atoms with Crippen LogP contribution in [-0.2, 0) is 6.54 Å². The van der Waals surface area contributed by atoms with Crippen LogP contribution in [0.1, 0.15) is 43.2 Å². The molecule has 1 aliphatic heterocycles. The van der Waals surface area contributed by atoms with E-state index in [0.29, 0.717) is 6.04 Å². The van der Waals surface area contributed by atoms with Crippen LogP contribution in [0.3, 0.4) is 0 Å². The lowest BCUT2D eigenvalue weighted by atomic mass is 9.82. The summed E-state index contributed by atoms with van der Waals surface area (Å²) in [7, 11) is 0. The lowest BCUT2D eigenvalue weighted by molar-refractivity contribution is 0.0858. The van der Waals surface area contributed by atoms with Crippen molar-refractivity contribution in [2.45, 2.75) is 51.6 Å². The van der Waals surface area contributed by atoms with Gasteiger partial charge in [-0.15, -0.1) is 0 Å². The van der Waals surface area contributed by atoms with Crippen LogP contribution in [0.5, 0.6) is 0 Å². The summed E-state index contributed by atoms with van der Waals surface area (Å²) in [6.45, 7) is 6.29. The molecular formula is C18H27FN2. The van der Waals surface area contributed by atoms with Gasteiger partial charge in [0, 0.05) is 32.2 Å². The number of nitrogens with one attached hydrogen (secondary N) is 1. The van der Waals surface area contributed by atoms with Crippen molar-refractivity contribution >= 4 is 0 Å². The first-order valence-corrected chi connectivity index (χ1v) is 8.44. The van der Waals surface area contributed by atoms with E-state index in [2.05, 4.69) is 10.2 Å². The van der Waals surface area contributed by atoms with Gasteiger partial charge in [0.25, 0.3) is 0 Å². The van der Waals surface area contributed by atoms with Crippen LogP contribution in [0.4, 0.5) is 4.39 Å². The fraction of sp³-hybridized carbons (Fsp3) is 0.667. The third-order valence-corrected chi connectivity index (χ3v) is 5.27. The first-order chi connectivity index (χ1) is 10.2. The van der Waals surface area contributed by atoms with Gasteiger partial charge in [-0.1, -0.05) is 25.3 Å². The van der Waals surface area contributed by atoms with Gasteiger partial charge in [-0.3, -0.25) is 4.90 Å². The lowest BCUT2D eigenvalue weighted by Gasteiger charge is -2.42. The first kappa shape index (κ1) is 15.0. The number of rotatable bonds is 3. The summed E-state index contributed by atoms with van der Waals surface area (Å²) >= 11 is 0. The molecule has 21 heavy (non-hydrogen) atoms. The number of piperazine rings is 1. The van der Waals surface area contributed by atoms with E-state index < -0.39 is 0 Å². The van der Waals surface area contributed by atoms with E-state index in [1.165, 1.54) is 37.7 Å². The van der Waals surface area contributed by atoms with Crippen molar-refractivity contribution in [1.82, 2.24) is 10.2 Å². The van der Waals surface area contributed by atoms with Gasteiger partial charge < -0.3 is 5.32 Å². The molecule has 0 bridgehead atoms. The maximum absolute atomic E-state index is 13.3. The third kappa shape index (κ3) is 3.64. The predicted molar refractivity (Wildman–Crippen MR) is 84.8 cm³/mol. The van der Waals surface area contributed by atoms with E-state index in [-0.39, 0.29) is 5.82 Å². The highest BCUT2D eigenvalue weighted by Gasteiger charge is 2.30. The largest absolute Gasteiger partial charge is 0.314 e. The van der Waals surface area contributed by atoms with Gasteiger partial charge in [0.05, 0.1) is 0 Å². The molecule has 1 aliphatic carbocycles. The van der Waals surface area contributed by atoms with Crippen LogP contribution in [0.25, 0.3) is 0 Å². The number of hydrogen-bond acceptors (Lipinski definition) is 2. The molecule has 2 aliphatic rings. The van der Waals surface area contributed by atoms with Crippen molar-refractivity contribution in [3.8, 4) is 0 Å². The van der Waals surface area contributed by atoms with E-state index in [0.717, 1.165) is 37.7 Å². The maximum atomic E-state index is 13.3. The number of benzene rings is 1. The lowest BCUT2D eigenvalue weighted by Crippen LogP contribution is -2.54. The van der Waals surface area contributed by atoms with Crippen molar-refractivity contribution in [3.05, 3.63) is 35.1 Å². The molecule has 1 heterocycles. The maximum Gasteiger partial charge on any atom is 0.123 e. The molecule has 1 saturated heterocycles. The minimum atomic E-state index is -0.125. The molecule has 1 unspecified atom stereocenters. The normalized spacial score (nSPS) is 25.1. The molecule has 2 nitrogen and oxygen atoms in total. The Morgan fingerprint density at radius 2 is 2.05 bits per heavy atom. The fourth-order valence-electron chi connectivity index (χ4n) is 4.00. The highest BCUT2D eigenvalue weighted by Crippen LogP contribution is 2.30. The summed E-state index contributed by atoms with van der Waals surface area (Å²) in [5, 5.41) is 3.57. The fourth-order valence-corrected chi connectivity index (χ4v) is 4.00.